The topological polar surface area (TPSA) is 121 Å². The number of fused-ring (bicyclic) bond motifs is 1. The SMILES string of the molecule is COCCCN1C(=O)COc2ccc(COC3CN(C(=O)OCc4ccccc4)CCC3c3ccccc3OS(=O)(=O)C(F)(F)F)cc21. The highest BCUT2D eigenvalue weighted by Crippen LogP contribution is 2.39. The molecule has 3 aromatic rings. The summed E-state index contributed by atoms with van der Waals surface area (Å²) in [5.74, 6) is -0.824. The van der Waals surface area contributed by atoms with E-state index in [2.05, 4.69) is 4.18 Å². The molecule has 1 saturated heterocycles. The Hall–Kier alpha value is -4.34. The fraction of sp³-hybridized carbons (Fsp3) is 0.394. The van der Waals surface area contributed by atoms with Crippen molar-refractivity contribution in [3.63, 3.8) is 0 Å². The van der Waals surface area contributed by atoms with Crippen molar-refractivity contribution < 1.29 is 54.3 Å². The molecule has 2 amide bonds. The zero-order valence-electron chi connectivity index (χ0n) is 26.1. The number of anilines is 1. The van der Waals surface area contributed by atoms with Crippen molar-refractivity contribution in [2.24, 2.45) is 0 Å². The average Bonchev–Trinajstić information content (AvgIpc) is 3.07. The van der Waals surface area contributed by atoms with Crippen molar-refractivity contribution in [3.05, 3.63) is 89.5 Å². The van der Waals surface area contributed by atoms with Crippen LogP contribution in [0, 0.1) is 0 Å². The predicted octanol–water partition coefficient (Wildman–Crippen LogP) is 5.39. The van der Waals surface area contributed by atoms with Gasteiger partial charge in [-0.2, -0.15) is 21.6 Å². The highest BCUT2D eigenvalue weighted by molar-refractivity contribution is 7.88. The van der Waals surface area contributed by atoms with Crippen LogP contribution in [-0.2, 0) is 42.3 Å². The summed E-state index contributed by atoms with van der Waals surface area (Å²) < 4.78 is 90.7. The van der Waals surface area contributed by atoms with Crippen LogP contribution in [-0.4, -0.2) is 76.9 Å². The molecule has 5 rings (SSSR count). The second-order valence-electron chi connectivity index (χ2n) is 11.2. The molecule has 0 N–H and O–H groups in total. The first-order valence-corrected chi connectivity index (χ1v) is 16.6. The van der Waals surface area contributed by atoms with Crippen molar-refractivity contribution in [2.75, 3.05) is 44.9 Å². The molecule has 3 aromatic carbocycles. The Bertz CT molecular complexity index is 1690. The number of amides is 2. The number of carbonyl (C=O) groups excluding carboxylic acids is 2. The molecule has 0 aromatic heterocycles. The largest absolute Gasteiger partial charge is 0.534 e. The first kappa shape index (κ1) is 35.0. The molecule has 0 saturated carbocycles. The maximum Gasteiger partial charge on any atom is 0.534 e. The van der Waals surface area contributed by atoms with Crippen LogP contribution >= 0.6 is 0 Å². The Kier molecular flexibility index (Phi) is 11.1. The van der Waals surface area contributed by atoms with Crippen LogP contribution in [0.4, 0.5) is 23.7 Å². The molecule has 15 heteroatoms. The Labute approximate surface area is 276 Å². The Balaban J connectivity index is 1.38. The van der Waals surface area contributed by atoms with E-state index in [9.17, 15) is 31.2 Å². The zero-order valence-corrected chi connectivity index (χ0v) is 26.9. The molecule has 0 radical (unpaired) electrons. The maximum atomic E-state index is 13.2. The Morgan fingerprint density at radius 1 is 1.00 bits per heavy atom. The van der Waals surface area contributed by atoms with Gasteiger partial charge in [-0.15, -0.1) is 0 Å². The number of nitrogens with zero attached hydrogens (tertiary/aromatic N) is 2. The summed E-state index contributed by atoms with van der Waals surface area (Å²) in [7, 11) is -4.37. The normalized spacial score (nSPS) is 18.2. The van der Waals surface area contributed by atoms with E-state index in [1.807, 2.05) is 30.3 Å². The molecule has 2 heterocycles. The summed E-state index contributed by atoms with van der Waals surface area (Å²) >= 11 is 0. The number of rotatable bonds is 12. The number of para-hydroxylation sites is 1. The van der Waals surface area contributed by atoms with Gasteiger partial charge in [-0.25, -0.2) is 4.79 Å². The van der Waals surface area contributed by atoms with Gasteiger partial charge in [0.05, 0.1) is 24.9 Å². The van der Waals surface area contributed by atoms with Gasteiger partial charge < -0.3 is 32.9 Å². The summed E-state index contributed by atoms with van der Waals surface area (Å²) in [5, 5.41) is 0. The lowest BCUT2D eigenvalue weighted by Gasteiger charge is -2.38. The molecule has 2 aliphatic heterocycles. The minimum atomic E-state index is -5.95. The van der Waals surface area contributed by atoms with Crippen LogP contribution in [0.5, 0.6) is 11.5 Å². The molecule has 2 atom stereocenters. The lowest BCUT2D eigenvalue weighted by atomic mass is 9.86. The molecular weight excluding hydrogens is 657 g/mol. The van der Waals surface area contributed by atoms with Crippen LogP contribution in [0.1, 0.15) is 35.4 Å². The van der Waals surface area contributed by atoms with E-state index >= 15 is 0 Å². The van der Waals surface area contributed by atoms with E-state index < -0.39 is 39.5 Å². The standard InChI is InChI=1S/C33H35F3N2O9S/c1-43-17-7-15-38-27-18-24(12-13-29(27)45-22-31(38)39)21-44-30-19-37(32(40)46-20-23-8-3-2-4-9-23)16-14-26(30)25-10-5-6-11-28(25)47-48(41,42)33(34,35)36/h2-6,8-13,18,26,30H,7,14-17,19-22H2,1H3. The van der Waals surface area contributed by atoms with Crippen molar-refractivity contribution in [2.45, 2.75) is 43.6 Å². The van der Waals surface area contributed by atoms with Crippen LogP contribution in [0.3, 0.4) is 0 Å². The molecule has 48 heavy (non-hydrogen) atoms. The molecule has 1 fully saturated rings. The van der Waals surface area contributed by atoms with Crippen LogP contribution < -0.4 is 13.8 Å². The Morgan fingerprint density at radius 3 is 2.50 bits per heavy atom. The van der Waals surface area contributed by atoms with Crippen LogP contribution in [0.25, 0.3) is 0 Å². The van der Waals surface area contributed by atoms with Gasteiger partial charge in [-0.1, -0.05) is 54.6 Å². The van der Waals surface area contributed by atoms with E-state index in [0.717, 1.165) is 11.6 Å². The van der Waals surface area contributed by atoms with E-state index in [4.69, 9.17) is 18.9 Å². The monoisotopic (exact) mass is 692 g/mol. The number of hydrogen-bond acceptors (Lipinski definition) is 9. The highest BCUT2D eigenvalue weighted by Gasteiger charge is 2.49. The van der Waals surface area contributed by atoms with Crippen molar-refractivity contribution >= 4 is 27.8 Å². The van der Waals surface area contributed by atoms with Gasteiger partial charge in [0.1, 0.15) is 18.1 Å². The van der Waals surface area contributed by atoms with Gasteiger partial charge in [0.25, 0.3) is 5.91 Å². The summed E-state index contributed by atoms with van der Waals surface area (Å²) in [6.45, 7) is 0.962. The number of hydrogen-bond donors (Lipinski definition) is 0. The first-order valence-electron chi connectivity index (χ1n) is 15.2. The molecule has 0 spiro atoms. The Morgan fingerprint density at radius 2 is 1.75 bits per heavy atom. The second-order valence-corrected chi connectivity index (χ2v) is 12.8. The number of likely N-dealkylation sites (tertiary alicyclic amines) is 1. The molecule has 0 bridgehead atoms. The van der Waals surface area contributed by atoms with Crippen LogP contribution in [0.15, 0.2) is 72.8 Å². The minimum Gasteiger partial charge on any atom is -0.482 e. The van der Waals surface area contributed by atoms with Crippen molar-refractivity contribution in [1.29, 1.82) is 0 Å². The molecule has 258 valence electrons. The van der Waals surface area contributed by atoms with Gasteiger partial charge in [0, 0.05) is 38.3 Å². The second kappa shape index (κ2) is 15.3. The van der Waals surface area contributed by atoms with Crippen LogP contribution in [0.2, 0.25) is 0 Å². The molecule has 2 aliphatic rings. The first-order chi connectivity index (χ1) is 23.0. The van der Waals surface area contributed by atoms with Gasteiger partial charge in [0.2, 0.25) is 0 Å². The number of methoxy groups -OCH3 is 1. The summed E-state index contributed by atoms with van der Waals surface area (Å²) in [6.07, 6.45) is -0.607. The molecule has 2 unspecified atom stereocenters. The third-order valence-corrected chi connectivity index (χ3v) is 8.95. The lowest BCUT2D eigenvalue weighted by Crippen LogP contribution is -2.47. The van der Waals surface area contributed by atoms with Gasteiger partial charge in [-0.3, -0.25) is 4.79 Å². The lowest BCUT2D eigenvalue weighted by molar-refractivity contribution is -0.121. The number of piperidine rings is 1. The number of carbonyl (C=O) groups is 2. The summed E-state index contributed by atoms with van der Waals surface area (Å²) in [4.78, 5) is 28.8. The van der Waals surface area contributed by atoms with E-state index in [0.29, 0.717) is 36.6 Å². The minimum absolute atomic E-state index is 0.00563. The fourth-order valence-electron chi connectivity index (χ4n) is 5.60. The van der Waals surface area contributed by atoms with Crippen molar-refractivity contribution in [3.8, 4) is 11.5 Å². The predicted molar refractivity (Wildman–Crippen MR) is 167 cm³/mol. The number of halogens is 3. The average molecular weight is 693 g/mol. The summed E-state index contributed by atoms with van der Waals surface area (Å²) in [6, 6.07) is 19.9. The maximum absolute atomic E-state index is 13.2. The van der Waals surface area contributed by atoms with Crippen molar-refractivity contribution in [1.82, 2.24) is 4.90 Å². The van der Waals surface area contributed by atoms with Gasteiger partial charge in [-0.05, 0) is 42.2 Å². The van der Waals surface area contributed by atoms with Gasteiger partial charge in [0.15, 0.2) is 6.61 Å². The van der Waals surface area contributed by atoms with Gasteiger partial charge >= 0.3 is 21.7 Å². The third-order valence-electron chi connectivity index (χ3n) is 7.98. The number of ether oxygens (including phenoxy) is 4. The fourth-order valence-corrected chi connectivity index (χ4v) is 6.08. The summed E-state index contributed by atoms with van der Waals surface area (Å²) in [5.41, 5.74) is -3.43. The molecular formula is C33H35F3N2O9S. The quantitative estimate of drug-likeness (QED) is 0.140. The number of alkyl halides is 3. The van der Waals surface area contributed by atoms with E-state index in [1.165, 1.54) is 17.0 Å². The smallest absolute Gasteiger partial charge is 0.482 e. The van der Waals surface area contributed by atoms with E-state index in [-0.39, 0.29) is 50.8 Å². The third kappa shape index (κ3) is 8.38. The number of benzene rings is 3. The zero-order chi connectivity index (χ0) is 34.3. The molecule has 11 nitrogen and oxygen atoms in total. The van der Waals surface area contributed by atoms with E-state index in [1.54, 1.807) is 36.3 Å². The highest BCUT2D eigenvalue weighted by atomic mass is 32.2. The molecule has 0 aliphatic carbocycles.